The molecule has 0 saturated heterocycles. The second-order valence-corrected chi connectivity index (χ2v) is 5.61. The Hall–Kier alpha value is -0.510. The lowest BCUT2D eigenvalue weighted by Crippen LogP contribution is -2.19. The monoisotopic (exact) mass is 238 g/mol. The first kappa shape index (κ1) is 12.0. The fourth-order valence-electron chi connectivity index (χ4n) is 1.92. The Morgan fingerprint density at radius 2 is 2.31 bits per heavy atom. The van der Waals surface area contributed by atoms with Crippen LogP contribution in [0, 0.1) is 0 Å². The van der Waals surface area contributed by atoms with Crippen molar-refractivity contribution in [2.75, 3.05) is 19.0 Å². The molecule has 0 aliphatic carbocycles. The highest BCUT2D eigenvalue weighted by atomic mass is 32.2. The fraction of sp³-hybridized carbons (Fsp3) is 0.538. The minimum absolute atomic E-state index is 0.198. The SMILES string of the molecule is CC(CO)SCC1OCCc2ccccc21. The molecule has 2 unspecified atom stereocenters. The third-order valence-corrected chi connectivity index (χ3v) is 4.09. The lowest BCUT2D eigenvalue weighted by molar-refractivity contribution is 0.0587. The van der Waals surface area contributed by atoms with E-state index in [9.17, 15) is 0 Å². The molecule has 16 heavy (non-hydrogen) atoms. The number of benzene rings is 1. The van der Waals surface area contributed by atoms with Crippen LogP contribution >= 0.6 is 11.8 Å². The van der Waals surface area contributed by atoms with E-state index in [-0.39, 0.29) is 18.0 Å². The molecule has 0 radical (unpaired) electrons. The van der Waals surface area contributed by atoms with Gasteiger partial charge in [-0.2, -0.15) is 11.8 Å². The zero-order valence-electron chi connectivity index (χ0n) is 9.56. The van der Waals surface area contributed by atoms with Crippen LogP contribution in [0.25, 0.3) is 0 Å². The van der Waals surface area contributed by atoms with Crippen molar-refractivity contribution in [2.24, 2.45) is 0 Å². The highest BCUT2D eigenvalue weighted by Gasteiger charge is 2.20. The zero-order chi connectivity index (χ0) is 11.4. The minimum atomic E-state index is 0.198. The van der Waals surface area contributed by atoms with Crippen LogP contribution in [0.15, 0.2) is 24.3 Å². The number of fused-ring (bicyclic) bond motifs is 1. The number of aliphatic hydroxyl groups excluding tert-OH is 1. The van der Waals surface area contributed by atoms with E-state index in [1.807, 2.05) is 6.92 Å². The molecule has 2 nitrogen and oxygen atoms in total. The molecule has 1 aliphatic heterocycles. The van der Waals surface area contributed by atoms with E-state index >= 15 is 0 Å². The van der Waals surface area contributed by atoms with Gasteiger partial charge in [-0.25, -0.2) is 0 Å². The predicted molar refractivity (Wildman–Crippen MR) is 67.8 cm³/mol. The summed E-state index contributed by atoms with van der Waals surface area (Å²) in [5.74, 6) is 0.929. The summed E-state index contributed by atoms with van der Waals surface area (Å²) in [5, 5.41) is 9.29. The van der Waals surface area contributed by atoms with Crippen LogP contribution in [-0.2, 0) is 11.2 Å². The van der Waals surface area contributed by atoms with Crippen molar-refractivity contribution in [3.8, 4) is 0 Å². The third-order valence-electron chi connectivity index (χ3n) is 2.88. The molecule has 3 heteroatoms. The van der Waals surface area contributed by atoms with Crippen LogP contribution in [0.1, 0.15) is 24.2 Å². The maximum Gasteiger partial charge on any atom is 0.0918 e. The third kappa shape index (κ3) is 2.78. The quantitative estimate of drug-likeness (QED) is 0.873. The van der Waals surface area contributed by atoms with Crippen LogP contribution in [0.4, 0.5) is 0 Å². The van der Waals surface area contributed by atoms with Gasteiger partial charge in [-0.05, 0) is 17.5 Å². The summed E-state index contributed by atoms with van der Waals surface area (Å²) in [4.78, 5) is 0. The summed E-state index contributed by atoms with van der Waals surface area (Å²) in [6.07, 6.45) is 1.22. The fourth-order valence-corrected chi connectivity index (χ4v) is 2.80. The summed E-state index contributed by atoms with van der Waals surface area (Å²) < 4.78 is 5.80. The number of thioether (sulfide) groups is 1. The van der Waals surface area contributed by atoms with E-state index in [1.54, 1.807) is 11.8 Å². The lowest BCUT2D eigenvalue weighted by Gasteiger charge is -2.26. The molecular formula is C13H18O2S. The molecule has 2 rings (SSSR count). The van der Waals surface area contributed by atoms with E-state index in [0.717, 1.165) is 18.8 Å². The Balaban J connectivity index is 2.01. The first-order valence-electron chi connectivity index (χ1n) is 5.73. The van der Waals surface area contributed by atoms with Crippen molar-refractivity contribution in [3.63, 3.8) is 0 Å². The van der Waals surface area contributed by atoms with Crippen molar-refractivity contribution < 1.29 is 9.84 Å². The van der Waals surface area contributed by atoms with Crippen LogP contribution in [-0.4, -0.2) is 29.3 Å². The highest BCUT2D eigenvalue weighted by molar-refractivity contribution is 7.99. The maximum atomic E-state index is 9.00. The van der Waals surface area contributed by atoms with Gasteiger partial charge < -0.3 is 9.84 Å². The molecule has 1 aliphatic rings. The number of rotatable bonds is 4. The van der Waals surface area contributed by atoms with Crippen LogP contribution < -0.4 is 0 Å². The van der Waals surface area contributed by atoms with Gasteiger partial charge in [0, 0.05) is 11.0 Å². The summed E-state index contributed by atoms with van der Waals surface area (Å²) in [7, 11) is 0. The molecule has 1 heterocycles. The number of aliphatic hydroxyl groups is 1. The van der Waals surface area contributed by atoms with Crippen molar-refractivity contribution >= 4 is 11.8 Å². The molecule has 2 atom stereocenters. The van der Waals surface area contributed by atoms with Crippen LogP contribution in [0.2, 0.25) is 0 Å². The minimum Gasteiger partial charge on any atom is -0.395 e. The van der Waals surface area contributed by atoms with Gasteiger partial charge in [-0.3, -0.25) is 0 Å². The second-order valence-electron chi connectivity index (χ2n) is 4.13. The molecule has 1 N–H and O–H groups in total. The summed E-state index contributed by atoms with van der Waals surface area (Å²) in [6, 6.07) is 8.50. The molecule has 1 aromatic carbocycles. The van der Waals surface area contributed by atoms with Gasteiger partial charge in [-0.1, -0.05) is 31.2 Å². The van der Waals surface area contributed by atoms with Gasteiger partial charge in [-0.15, -0.1) is 0 Å². The molecule has 0 amide bonds. The highest BCUT2D eigenvalue weighted by Crippen LogP contribution is 2.30. The molecule has 0 bridgehead atoms. The van der Waals surface area contributed by atoms with Crippen molar-refractivity contribution in [1.29, 1.82) is 0 Å². The molecule has 0 saturated carbocycles. The van der Waals surface area contributed by atoms with Gasteiger partial charge in [0.05, 0.1) is 19.3 Å². The second kappa shape index (κ2) is 5.71. The first-order chi connectivity index (χ1) is 7.81. The molecular weight excluding hydrogens is 220 g/mol. The van der Waals surface area contributed by atoms with Gasteiger partial charge in [0.15, 0.2) is 0 Å². The summed E-state index contributed by atoms with van der Waals surface area (Å²) in [5.41, 5.74) is 2.74. The predicted octanol–water partition coefficient (Wildman–Crippen LogP) is 2.41. The van der Waals surface area contributed by atoms with Crippen molar-refractivity contribution in [1.82, 2.24) is 0 Å². The summed E-state index contributed by atoms with van der Waals surface area (Å²) in [6.45, 7) is 3.09. The topological polar surface area (TPSA) is 29.5 Å². The Labute approximate surface area is 101 Å². The molecule has 0 aromatic heterocycles. The van der Waals surface area contributed by atoms with E-state index in [4.69, 9.17) is 9.84 Å². The molecule has 0 fully saturated rings. The molecule has 1 aromatic rings. The standard InChI is InChI=1S/C13H18O2S/c1-10(8-14)16-9-13-12-5-3-2-4-11(12)6-7-15-13/h2-5,10,13-14H,6-9H2,1H3. The zero-order valence-corrected chi connectivity index (χ0v) is 10.4. The number of hydrogen-bond acceptors (Lipinski definition) is 3. The van der Waals surface area contributed by atoms with Gasteiger partial charge in [0.25, 0.3) is 0 Å². The first-order valence-corrected chi connectivity index (χ1v) is 6.78. The largest absolute Gasteiger partial charge is 0.395 e. The van der Waals surface area contributed by atoms with E-state index < -0.39 is 0 Å². The molecule has 88 valence electrons. The van der Waals surface area contributed by atoms with E-state index in [1.165, 1.54) is 11.1 Å². The normalized spacial score (nSPS) is 21.5. The summed E-state index contributed by atoms with van der Waals surface area (Å²) >= 11 is 1.77. The van der Waals surface area contributed by atoms with Gasteiger partial charge >= 0.3 is 0 Å². The number of hydrogen-bond donors (Lipinski definition) is 1. The Kier molecular flexibility index (Phi) is 4.27. The lowest BCUT2D eigenvalue weighted by atomic mass is 9.99. The van der Waals surface area contributed by atoms with Crippen LogP contribution in [0.3, 0.4) is 0 Å². The van der Waals surface area contributed by atoms with Crippen molar-refractivity contribution in [2.45, 2.75) is 24.7 Å². The Morgan fingerprint density at radius 1 is 1.50 bits per heavy atom. The Morgan fingerprint density at radius 3 is 3.12 bits per heavy atom. The average molecular weight is 238 g/mol. The van der Waals surface area contributed by atoms with Gasteiger partial charge in [0.1, 0.15) is 0 Å². The van der Waals surface area contributed by atoms with E-state index in [2.05, 4.69) is 24.3 Å². The maximum absolute atomic E-state index is 9.00. The van der Waals surface area contributed by atoms with Gasteiger partial charge in [0.2, 0.25) is 0 Å². The van der Waals surface area contributed by atoms with E-state index in [0.29, 0.717) is 0 Å². The number of ether oxygens (including phenoxy) is 1. The van der Waals surface area contributed by atoms with Crippen LogP contribution in [0.5, 0.6) is 0 Å². The Bertz CT molecular complexity index is 340. The smallest absolute Gasteiger partial charge is 0.0918 e. The van der Waals surface area contributed by atoms with Crippen molar-refractivity contribution in [3.05, 3.63) is 35.4 Å². The molecule has 0 spiro atoms. The average Bonchev–Trinajstić information content (AvgIpc) is 2.35.